The Morgan fingerprint density at radius 2 is 1.85 bits per heavy atom. The molecule has 0 bridgehead atoms. The van der Waals surface area contributed by atoms with Crippen LogP contribution < -0.4 is 4.74 Å². The van der Waals surface area contributed by atoms with Crippen molar-refractivity contribution in [3.63, 3.8) is 0 Å². The molecular weight excluding hydrogens is 248 g/mol. The molecule has 2 nitrogen and oxygen atoms in total. The van der Waals surface area contributed by atoms with Crippen molar-refractivity contribution in [3.8, 4) is 5.75 Å². The molecule has 2 aromatic carbocycles. The van der Waals surface area contributed by atoms with Crippen molar-refractivity contribution in [2.75, 3.05) is 7.11 Å². The molecule has 102 valence electrons. The first kappa shape index (κ1) is 12.9. The Morgan fingerprint density at radius 3 is 2.60 bits per heavy atom. The van der Waals surface area contributed by atoms with Crippen LogP contribution in [0.1, 0.15) is 40.2 Å². The Hall–Kier alpha value is -2.09. The van der Waals surface area contributed by atoms with Gasteiger partial charge in [-0.2, -0.15) is 0 Å². The van der Waals surface area contributed by atoms with E-state index in [1.165, 1.54) is 11.1 Å². The van der Waals surface area contributed by atoms with Crippen LogP contribution in [0.5, 0.6) is 5.75 Å². The predicted octanol–water partition coefficient (Wildman–Crippen LogP) is 4.00. The molecule has 2 aromatic rings. The summed E-state index contributed by atoms with van der Waals surface area (Å²) in [5, 5.41) is 0. The summed E-state index contributed by atoms with van der Waals surface area (Å²) >= 11 is 0. The largest absolute Gasteiger partial charge is 0.497 e. The predicted molar refractivity (Wildman–Crippen MR) is 79.4 cm³/mol. The van der Waals surface area contributed by atoms with E-state index in [0.29, 0.717) is 0 Å². The van der Waals surface area contributed by atoms with Crippen molar-refractivity contribution in [3.05, 3.63) is 65.2 Å². The highest BCUT2D eigenvalue weighted by atomic mass is 16.5. The second-order valence-corrected chi connectivity index (χ2v) is 5.24. The van der Waals surface area contributed by atoms with Crippen molar-refractivity contribution in [1.29, 1.82) is 0 Å². The molecule has 0 aromatic heterocycles. The van der Waals surface area contributed by atoms with Crippen molar-refractivity contribution in [1.82, 2.24) is 0 Å². The van der Waals surface area contributed by atoms with Crippen LogP contribution in [0.2, 0.25) is 0 Å². The molecule has 0 amide bonds. The minimum Gasteiger partial charge on any atom is -0.497 e. The molecule has 0 saturated heterocycles. The number of hydrogen-bond acceptors (Lipinski definition) is 2. The summed E-state index contributed by atoms with van der Waals surface area (Å²) in [6, 6.07) is 15.7. The zero-order valence-corrected chi connectivity index (χ0v) is 11.6. The number of benzene rings is 2. The van der Waals surface area contributed by atoms with Gasteiger partial charge in [0.05, 0.1) is 7.11 Å². The van der Waals surface area contributed by atoms with Crippen LogP contribution in [0, 0.1) is 0 Å². The zero-order chi connectivity index (χ0) is 13.9. The van der Waals surface area contributed by atoms with Gasteiger partial charge in [0.1, 0.15) is 5.75 Å². The molecule has 20 heavy (non-hydrogen) atoms. The summed E-state index contributed by atoms with van der Waals surface area (Å²) in [4.78, 5) is 12.7. The lowest BCUT2D eigenvalue weighted by atomic mass is 9.79. The molecule has 0 spiro atoms. The maximum atomic E-state index is 12.7. The molecule has 1 atom stereocenters. The number of ether oxygens (including phenoxy) is 1. The number of fused-ring (bicyclic) bond motifs is 1. The van der Waals surface area contributed by atoms with Gasteiger partial charge in [-0.15, -0.1) is 0 Å². The number of methoxy groups -OCH3 is 1. The smallest absolute Gasteiger partial charge is 0.170 e. The highest BCUT2D eigenvalue weighted by Gasteiger charge is 2.26. The Kier molecular flexibility index (Phi) is 3.55. The monoisotopic (exact) mass is 266 g/mol. The fourth-order valence-electron chi connectivity index (χ4n) is 2.98. The van der Waals surface area contributed by atoms with Crippen molar-refractivity contribution >= 4 is 5.78 Å². The Labute approximate surface area is 119 Å². The molecule has 2 heteroatoms. The molecule has 1 unspecified atom stereocenters. The maximum Gasteiger partial charge on any atom is 0.170 e. The van der Waals surface area contributed by atoms with Crippen molar-refractivity contribution in [2.45, 2.75) is 25.2 Å². The third kappa shape index (κ3) is 2.34. The first-order chi connectivity index (χ1) is 9.79. The van der Waals surface area contributed by atoms with Gasteiger partial charge in [-0.1, -0.05) is 24.3 Å². The Bertz CT molecular complexity index is 614. The first-order valence-corrected chi connectivity index (χ1v) is 7.05. The lowest BCUT2D eigenvalue weighted by Crippen LogP contribution is -2.18. The van der Waals surface area contributed by atoms with E-state index < -0.39 is 0 Å². The summed E-state index contributed by atoms with van der Waals surface area (Å²) in [5.41, 5.74) is 3.30. The van der Waals surface area contributed by atoms with Crippen LogP contribution in [0.4, 0.5) is 0 Å². The van der Waals surface area contributed by atoms with Crippen molar-refractivity contribution in [2.24, 2.45) is 0 Å². The van der Waals surface area contributed by atoms with Gasteiger partial charge in [-0.05, 0) is 54.7 Å². The normalized spacial score (nSPS) is 17.4. The van der Waals surface area contributed by atoms with Gasteiger partial charge in [0.15, 0.2) is 5.78 Å². The number of Topliss-reactive ketones (excluding diaryl/α,β-unsaturated/α-hetero) is 1. The van der Waals surface area contributed by atoms with E-state index >= 15 is 0 Å². The van der Waals surface area contributed by atoms with Gasteiger partial charge < -0.3 is 4.74 Å². The summed E-state index contributed by atoms with van der Waals surface area (Å²) in [5.74, 6) is 1.01. The van der Waals surface area contributed by atoms with Gasteiger partial charge >= 0.3 is 0 Å². The molecule has 3 rings (SSSR count). The topological polar surface area (TPSA) is 26.3 Å². The molecular formula is C18H18O2. The standard InChI is InChI=1S/C18H18O2/c1-20-15-11-9-14(10-12-15)18(19)17-8-4-6-13-5-2-3-7-16(13)17/h2-3,5,7,9-12,17H,4,6,8H2,1H3. The molecule has 0 radical (unpaired) electrons. The van der Waals surface area contributed by atoms with Gasteiger partial charge in [0, 0.05) is 11.5 Å². The van der Waals surface area contributed by atoms with E-state index in [1.807, 2.05) is 30.3 Å². The van der Waals surface area contributed by atoms with Gasteiger partial charge in [0.2, 0.25) is 0 Å². The van der Waals surface area contributed by atoms with E-state index in [-0.39, 0.29) is 11.7 Å². The summed E-state index contributed by atoms with van der Waals surface area (Å²) < 4.78 is 5.14. The fourth-order valence-corrected chi connectivity index (χ4v) is 2.98. The van der Waals surface area contributed by atoms with Gasteiger partial charge in [-0.25, -0.2) is 0 Å². The van der Waals surface area contributed by atoms with E-state index in [2.05, 4.69) is 18.2 Å². The average Bonchev–Trinajstić information content (AvgIpc) is 2.54. The summed E-state index contributed by atoms with van der Waals surface area (Å²) in [6.07, 6.45) is 3.12. The number of rotatable bonds is 3. The van der Waals surface area contributed by atoms with E-state index in [4.69, 9.17) is 4.74 Å². The maximum absolute atomic E-state index is 12.7. The molecule has 1 aliphatic rings. The lowest BCUT2D eigenvalue weighted by Gasteiger charge is -2.24. The zero-order valence-electron chi connectivity index (χ0n) is 11.6. The summed E-state index contributed by atoms with van der Waals surface area (Å²) in [6.45, 7) is 0. The number of carbonyl (C=O) groups is 1. The minimum absolute atomic E-state index is 0.00773. The van der Waals surface area contributed by atoms with E-state index in [9.17, 15) is 4.79 Å². The molecule has 0 fully saturated rings. The molecule has 0 aliphatic heterocycles. The van der Waals surface area contributed by atoms with Crippen LogP contribution in [-0.2, 0) is 6.42 Å². The number of hydrogen-bond donors (Lipinski definition) is 0. The third-order valence-electron chi connectivity index (χ3n) is 4.06. The molecule has 1 aliphatic carbocycles. The minimum atomic E-state index is 0.00773. The van der Waals surface area contributed by atoms with Crippen LogP contribution in [0.3, 0.4) is 0 Å². The second kappa shape index (κ2) is 5.49. The molecule has 0 heterocycles. The quantitative estimate of drug-likeness (QED) is 0.785. The van der Waals surface area contributed by atoms with Gasteiger partial charge in [-0.3, -0.25) is 4.79 Å². The number of carbonyl (C=O) groups excluding carboxylic acids is 1. The van der Waals surface area contributed by atoms with Crippen LogP contribution in [-0.4, -0.2) is 12.9 Å². The summed E-state index contributed by atoms with van der Waals surface area (Å²) in [7, 11) is 1.63. The van der Waals surface area contributed by atoms with Gasteiger partial charge in [0.25, 0.3) is 0 Å². The molecule has 0 N–H and O–H groups in total. The van der Waals surface area contributed by atoms with Crippen LogP contribution >= 0.6 is 0 Å². The third-order valence-corrected chi connectivity index (χ3v) is 4.06. The Morgan fingerprint density at radius 1 is 1.10 bits per heavy atom. The SMILES string of the molecule is COc1ccc(C(=O)C2CCCc3ccccc32)cc1. The highest BCUT2D eigenvalue weighted by molar-refractivity contribution is 6.01. The van der Waals surface area contributed by atoms with E-state index in [0.717, 1.165) is 30.6 Å². The molecule has 0 saturated carbocycles. The average molecular weight is 266 g/mol. The fraction of sp³-hybridized carbons (Fsp3) is 0.278. The first-order valence-electron chi connectivity index (χ1n) is 7.05. The highest BCUT2D eigenvalue weighted by Crippen LogP contribution is 2.34. The second-order valence-electron chi connectivity index (χ2n) is 5.24. The van der Waals surface area contributed by atoms with E-state index in [1.54, 1.807) is 7.11 Å². The van der Waals surface area contributed by atoms with Crippen LogP contribution in [0.15, 0.2) is 48.5 Å². The number of ketones is 1. The Balaban J connectivity index is 1.91. The van der Waals surface area contributed by atoms with Crippen LogP contribution in [0.25, 0.3) is 0 Å². The van der Waals surface area contributed by atoms with Crippen molar-refractivity contribution < 1.29 is 9.53 Å². The number of aryl methyl sites for hydroxylation is 1. The lowest BCUT2D eigenvalue weighted by molar-refractivity contribution is 0.0951.